The van der Waals surface area contributed by atoms with E-state index in [1.54, 1.807) is 29.6 Å². The highest BCUT2D eigenvalue weighted by atomic mass is 19.4. The Kier molecular flexibility index (Phi) is 10.5. The maximum absolute atomic E-state index is 13.3. The van der Waals surface area contributed by atoms with E-state index in [4.69, 9.17) is 9.47 Å². The molecule has 3 N–H and O–H groups in total. The van der Waals surface area contributed by atoms with Gasteiger partial charge in [0, 0.05) is 24.3 Å². The first kappa shape index (κ1) is 32.7. The van der Waals surface area contributed by atoms with Crippen LogP contribution in [0.2, 0.25) is 0 Å². The van der Waals surface area contributed by atoms with Gasteiger partial charge in [-0.2, -0.15) is 22.0 Å². The summed E-state index contributed by atoms with van der Waals surface area (Å²) in [7, 11) is 1.48. The molecule has 2 aromatic carbocycles. The summed E-state index contributed by atoms with van der Waals surface area (Å²) in [6.07, 6.45) is -6.92. The van der Waals surface area contributed by atoms with Gasteiger partial charge >= 0.3 is 29.7 Å². The van der Waals surface area contributed by atoms with Gasteiger partial charge < -0.3 is 29.7 Å². The molecule has 0 saturated heterocycles. The summed E-state index contributed by atoms with van der Waals surface area (Å²) in [5.41, 5.74) is -4.00. The number of rotatable bonds is 15. The van der Waals surface area contributed by atoms with Gasteiger partial charge in [0.2, 0.25) is 5.54 Å². The molecule has 41 heavy (non-hydrogen) atoms. The quantitative estimate of drug-likeness (QED) is 0.0904. The van der Waals surface area contributed by atoms with Gasteiger partial charge in [0.1, 0.15) is 5.75 Å². The largest absolute Gasteiger partial charge is 0.497 e. The number of carboxylic acids is 2. The van der Waals surface area contributed by atoms with Gasteiger partial charge in [0.15, 0.2) is 12.4 Å². The molecule has 0 aliphatic heterocycles. The average molecular weight is 594 g/mol. The van der Waals surface area contributed by atoms with E-state index in [1.165, 1.54) is 7.11 Å². The third-order valence-electron chi connectivity index (χ3n) is 5.57. The number of carboxylic acid groups (broad SMARTS) is 2. The Bertz CT molecular complexity index is 1250. The lowest BCUT2D eigenvalue weighted by molar-refractivity contribution is -0.386. The van der Waals surface area contributed by atoms with Gasteiger partial charge in [-0.3, -0.25) is 14.9 Å². The second-order valence-corrected chi connectivity index (χ2v) is 8.40. The average Bonchev–Trinajstić information content (AvgIpc) is 2.90. The number of hydrogen-bond acceptors (Lipinski definition) is 8. The van der Waals surface area contributed by atoms with Crippen molar-refractivity contribution in [3.8, 4) is 11.5 Å². The summed E-state index contributed by atoms with van der Waals surface area (Å²) in [4.78, 5) is 46.6. The number of nitrogens with zero attached hydrogens (tertiary/aromatic N) is 1. The Labute approximate surface area is 227 Å². The number of halogens is 5. The molecule has 0 aromatic heterocycles. The monoisotopic (exact) mass is 594 g/mol. The van der Waals surface area contributed by atoms with E-state index in [0.29, 0.717) is 23.9 Å². The number of aliphatic carboxylic acids is 2. The van der Waals surface area contributed by atoms with E-state index in [0.717, 1.165) is 5.56 Å². The first-order valence-corrected chi connectivity index (χ1v) is 11.4. The van der Waals surface area contributed by atoms with E-state index in [9.17, 15) is 56.7 Å². The highest BCUT2D eigenvalue weighted by Crippen LogP contribution is 2.37. The second-order valence-electron chi connectivity index (χ2n) is 8.40. The second kappa shape index (κ2) is 13.2. The molecule has 1 amide bonds. The van der Waals surface area contributed by atoms with Crippen LogP contribution in [-0.2, 0) is 20.9 Å². The third-order valence-corrected chi connectivity index (χ3v) is 5.57. The van der Waals surface area contributed by atoms with Crippen LogP contribution < -0.4 is 14.8 Å². The van der Waals surface area contributed by atoms with Crippen molar-refractivity contribution in [3.05, 3.63) is 63.7 Å². The van der Waals surface area contributed by atoms with Crippen molar-refractivity contribution in [2.45, 2.75) is 37.1 Å². The normalized spacial score (nSPS) is 12.0. The molecule has 0 atom stereocenters. The number of ether oxygens (including phenoxy) is 3. The molecule has 0 aliphatic carbocycles. The fourth-order valence-corrected chi connectivity index (χ4v) is 3.26. The lowest BCUT2D eigenvalue weighted by atomic mass is 9.93. The van der Waals surface area contributed by atoms with Crippen molar-refractivity contribution in [3.63, 3.8) is 0 Å². The predicted molar refractivity (Wildman–Crippen MR) is 127 cm³/mol. The molecule has 224 valence electrons. The Morgan fingerprint density at radius 2 is 1.61 bits per heavy atom. The molecule has 0 bridgehead atoms. The standard InChI is InChI=1S/C24H23F5N2O10/c1-39-16-6-3-14(4-7-16)12-40-10-2-9-22(20(33)34,21(35)36)30-19(32)15-5-8-17(31(37)38)18(11-15)41-13-23(25,26)24(27,28)29/h3-8,11H,2,9-10,12-13H2,1H3,(H,30,32)(H,33,34)(H,35,36). The summed E-state index contributed by atoms with van der Waals surface area (Å²) in [6, 6.07) is 8.39. The van der Waals surface area contributed by atoms with Crippen LogP contribution >= 0.6 is 0 Å². The molecule has 17 heteroatoms. The number of methoxy groups -OCH3 is 1. The number of nitrogens with one attached hydrogen (secondary N) is 1. The van der Waals surface area contributed by atoms with Crippen molar-refractivity contribution < 1.29 is 65.7 Å². The van der Waals surface area contributed by atoms with Crippen molar-refractivity contribution in [2.75, 3.05) is 20.3 Å². The van der Waals surface area contributed by atoms with E-state index in [-0.39, 0.29) is 19.6 Å². The van der Waals surface area contributed by atoms with Gasteiger partial charge in [-0.1, -0.05) is 12.1 Å². The van der Waals surface area contributed by atoms with Crippen molar-refractivity contribution >= 4 is 23.5 Å². The van der Waals surface area contributed by atoms with Crippen molar-refractivity contribution in [1.82, 2.24) is 5.32 Å². The van der Waals surface area contributed by atoms with Crippen LogP contribution in [0.1, 0.15) is 28.8 Å². The number of carbonyl (C=O) groups excluding carboxylic acids is 1. The zero-order chi connectivity index (χ0) is 31.0. The van der Waals surface area contributed by atoms with E-state index in [1.807, 2.05) is 0 Å². The first-order chi connectivity index (χ1) is 19.0. The minimum absolute atomic E-state index is 0.0858. The number of nitro benzene ring substituents is 1. The third kappa shape index (κ3) is 8.23. The van der Waals surface area contributed by atoms with E-state index < -0.39 is 70.4 Å². The summed E-state index contributed by atoms with van der Waals surface area (Å²) < 4.78 is 78.6. The minimum atomic E-state index is -6.04. The fraction of sp³-hybridized carbons (Fsp3) is 0.375. The van der Waals surface area contributed by atoms with Gasteiger partial charge in [-0.05, 0) is 36.6 Å². The highest BCUT2D eigenvalue weighted by Gasteiger charge is 2.58. The fourth-order valence-electron chi connectivity index (χ4n) is 3.26. The Morgan fingerprint density at radius 1 is 1.00 bits per heavy atom. The maximum Gasteiger partial charge on any atom is 0.456 e. The summed E-state index contributed by atoms with van der Waals surface area (Å²) in [5, 5.41) is 32.2. The molecule has 0 heterocycles. The van der Waals surface area contributed by atoms with Crippen molar-refractivity contribution in [1.29, 1.82) is 0 Å². The van der Waals surface area contributed by atoms with Gasteiger partial charge in [-0.25, -0.2) is 9.59 Å². The number of carbonyl (C=O) groups is 3. The number of nitro groups is 1. The zero-order valence-corrected chi connectivity index (χ0v) is 21.1. The lowest BCUT2D eigenvalue weighted by Crippen LogP contribution is -2.60. The molecular weight excluding hydrogens is 571 g/mol. The SMILES string of the molecule is COc1ccc(COCCCC(NC(=O)c2ccc([N+](=O)[O-])c(OCC(F)(F)C(F)(F)F)c2)(C(=O)O)C(=O)O)cc1. The molecule has 0 saturated carbocycles. The van der Waals surface area contributed by atoms with Crippen LogP contribution in [0.4, 0.5) is 27.6 Å². The Hall–Kier alpha value is -4.54. The van der Waals surface area contributed by atoms with Crippen LogP contribution in [-0.4, -0.2) is 70.9 Å². The van der Waals surface area contributed by atoms with Crippen LogP contribution in [0.5, 0.6) is 11.5 Å². The Morgan fingerprint density at radius 3 is 2.12 bits per heavy atom. The highest BCUT2D eigenvalue weighted by molar-refractivity contribution is 6.09. The van der Waals surface area contributed by atoms with Gasteiger partial charge in [0.05, 0.1) is 18.6 Å². The molecule has 2 aromatic rings. The maximum atomic E-state index is 13.3. The molecular formula is C24H23F5N2O10. The molecule has 0 radical (unpaired) electrons. The number of alkyl halides is 5. The van der Waals surface area contributed by atoms with E-state index >= 15 is 0 Å². The zero-order valence-electron chi connectivity index (χ0n) is 21.1. The van der Waals surface area contributed by atoms with Crippen LogP contribution in [0.15, 0.2) is 42.5 Å². The topological polar surface area (TPSA) is 175 Å². The van der Waals surface area contributed by atoms with Gasteiger partial charge in [-0.15, -0.1) is 0 Å². The number of hydrogen-bond donors (Lipinski definition) is 3. The molecule has 0 fully saturated rings. The van der Waals surface area contributed by atoms with Crippen molar-refractivity contribution in [2.24, 2.45) is 0 Å². The summed E-state index contributed by atoms with van der Waals surface area (Å²) in [5.74, 6) is -11.4. The smallest absolute Gasteiger partial charge is 0.456 e. The molecule has 0 aliphatic rings. The molecule has 2 rings (SSSR count). The van der Waals surface area contributed by atoms with E-state index in [2.05, 4.69) is 4.74 Å². The number of benzene rings is 2. The Balaban J connectivity index is 2.17. The minimum Gasteiger partial charge on any atom is -0.497 e. The molecule has 12 nitrogen and oxygen atoms in total. The van der Waals surface area contributed by atoms with Gasteiger partial charge in [0.25, 0.3) is 5.91 Å². The lowest BCUT2D eigenvalue weighted by Gasteiger charge is -2.26. The number of amides is 1. The van der Waals surface area contributed by atoms with Crippen LogP contribution in [0.3, 0.4) is 0 Å². The summed E-state index contributed by atoms with van der Waals surface area (Å²) in [6.45, 7) is -2.41. The molecule has 0 unspecified atom stereocenters. The predicted octanol–water partition coefficient (Wildman–Crippen LogP) is 3.81. The molecule has 0 spiro atoms. The first-order valence-electron chi connectivity index (χ1n) is 11.4. The van der Waals surface area contributed by atoms with Crippen LogP contribution in [0, 0.1) is 10.1 Å². The summed E-state index contributed by atoms with van der Waals surface area (Å²) >= 11 is 0. The van der Waals surface area contributed by atoms with Crippen LogP contribution in [0.25, 0.3) is 0 Å².